The van der Waals surface area contributed by atoms with E-state index in [9.17, 15) is 4.79 Å². The number of nitrogens with two attached hydrogens (primary N) is 1. The number of ether oxygens (including phenoxy) is 2. The number of carboxylic acid groups (broad SMARTS) is 1. The number of carbonyl (C=O) groups is 1. The van der Waals surface area contributed by atoms with Gasteiger partial charge in [0.1, 0.15) is 0 Å². The zero-order chi connectivity index (χ0) is 10.8. The first-order chi connectivity index (χ1) is 6.72. The minimum absolute atomic E-state index is 0.387. The average molecular weight is 205 g/mol. The fraction of sp³-hybridized carbons (Fsp3) is 0.889. The largest absolute Gasteiger partial charge is 0.481 e. The Morgan fingerprint density at radius 3 is 2.57 bits per heavy atom. The van der Waals surface area contributed by atoms with Gasteiger partial charge in [0, 0.05) is 13.7 Å². The lowest BCUT2D eigenvalue weighted by molar-refractivity contribution is -0.142. The van der Waals surface area contributed by atoms with Crippen LogP contribution in [0.15, 0.2) is 0 Å². The van der Waals surface area contributed by atoms with E-state index >= 15 is 0 Å². The lowest BCUT2D eigenvalue weighted by Gasteiger charge is -2.10. The molecule has 0 heterocycles. The monoisotopic (exact) mass is 205 g/mol. The first kappa shape index (κ1) is 13.4. The highest BCUT2D eigenvalue weighted by molar-refractivity contribution is 5.69. The van der Waals surface area contributed by atoms with Crippen molar-refractivity contribution in [2.24, 2.45) is 11.7 Å². The summed E-state index contributed by atoms with van der Waals surface area (Å²) in [6.45, 7) is 1.88. The second-order valence-corrected chi connectivity index (χ2v) is 3.01. The van der Waals surface area contributed by atoms with Gasteiger partial charge in [-0.05, 0) is 19.4 Å². The smallest absolute Gasteiger partial charge is 0.306 e. The predicted molar refractivity (Wildman–Crippen MR) is 52.1 cm³/mol. The maximum atomic E-state index is 10.7. The second-order valence-electron chi connectivity index (χ2n) is 3.01. The predicted octanol–water partition coefficient (Wildman–Crippen LogP) is 0.0891. The zero-order valence-corrected chi connectivity index (χ0v) is 8.57. The zero-order valence-electron chi connectivity index (χ0n) is 8.57. The lowest BCUT2D eigenvalue weighted by atomic mass is 10.0. The Kier molecular flexibility index (Phi) is 8.51. The average Bonchev–Trinajstić information content (AvgIpc) is 2.15. The maximum Gasteiger partial charge on any atom is 0.306 e. The number of rotatable bonds is 9. The van der Waals surface area contributed by atoms with Crippen LogP contribution in [-0.2, 0) is 14.3 Å². The number of hydrogen-bond donors (Lipinski definition) is 2. The summed E-state index contributed by atoms with van der Waals surface area (Å²) in [7, 11) is 1.60. The van der Waals surface area contributed by atoms with Gasteiger partial charge in [-0.25, -0.2) is 0 Å². The Bertz CT molecular complexity index is 152. The van der Waals surface area contributed by atoms with E-state index in [2.05, 4.69) is 0 Å². The van der Waals surface area contributed by atoms with Gasteiger partial charge in [-0.3, -0.25) is 4.79 Å². The molecule has 0 aliphatic rings. The van der Waals surface area contributed by atoms with Crippen molar-refractivity contribution in [1.82, 2.24) is 0 Å². The topological polar surface area (TPSA) is 81.8 Å². The van der Waals surface area contributed by atoms with E-state index in [4.69, 9.17) is 20.3 Å². The van der Waals surface area contributed by atoms with Crippen molar-refractivity contribution in [3.05, 3.63) is 0 Å². The minimum Gasteiger partial charge on any atom is -0.481 e. The quantitative estimate of drug-likeness (QED) is 0.521. The van der Waals surface area contributed by atoms with Gasteiger partial charge in [0.15, 0.2) is 0 Å². The van der Waals surface area contributed by atoms with E-state index < -0.39 is 5.97 Å². The molecule has 0 saturated carbocycles. The molecule has 0 rings (SSSR count). The van der Waals surface area contributed by atoms with Crippen molar-refractivity contribution < 1.29 is 19.4 Å². The molecule has 0 aromatic heterocycles. The van der Waals surface area contributed by atoms with Gasteiger partial charge in [-0.1, -0.05) is 0 Å². The molecular weight excluding hydrogens is 186 g/mol. The highest BCUT2D eigenvalue weighted by atomic mass is 16.5. The summed E-state index contributed by atoms with van der Waals surface area (Å²) in [6, 6.07) is 0. The Labute approximate surface area is 84.2 Å². The van der Waals surface area contributed by atoms with Gasteiger partial charge in [0.2, 0.25) is 0 Å². The minimum atomic E-state index is -0.800. The van der Waals surface area contributed by atoms with Crippen LogP contribution in [0.2, 0.25) is 0 Å². The van der Waals surface area contributed by atoms with Crippen LogP contribution in [0.4, 0.5) is 0 Å². The highest BCUT2D eigenvalue weighted by Crippen LogP contribution is 2.07. The van der Waals surface area contributed by atoms with Gasteiger partial charge in [-0.2, -0.15) is 0 Å². The number of aliphatic carboxylic acids is 1. The number of hydrogen-bond acceptors (Lipinski definition) is 4. The summed E-state index contributed by atoms with van der Waals surface area (Å²) >= 11 is 0. The molecule has 84 valence electrons. The van der Waals surface area contributed by atoms with Gasteiger partial charge < -0.3 is 20.3 Å². The van der Waals surface area contributed by atoms with E-state index in [1.165, 1.54) is 0 Å². The van der Waals surface area contributed by atoms with Crippen LogP contribution in [0.5, 0.6) is 0 Å². The Balaban J connectivity index is 3.46. The molecular formula is C9H19NO4. The first-order valence-corrected chi connectivity index (χ1v) is 4.72. The summed E-state index contributed by atoms with van der Waals surface area (Å²) in [4.78, 5) is 10.7. The molecule has 0 amide bonds. The fourth-order valence-electron chi connectivity index (χ4n) is 1.06. The normalized spacial score (nSPS) is 12.7. The van der Waals surface area contributed by atoms with E-state index in [-0.39, 0.29) is 5.92 Å². The van der Waals surface area contributed by atoms with Gasteiger partial charge >= 0.3 is 5.97 Å². The van der Waals surface area contributed by atoms with Gasteiger partial charge in [0.05, 0.1) is 19.1 Å². The molecule has 0 radical (unpaired) electrons. The summed E-state index contributed by atoms with van der Waals surface area (Å²) in [5.41, 5.74) is 5.29. The van der Waals surface area contributed by atoms with E-state index in [1.807, 2.05) is 0 Å². The summed E-state index contributed by atoms with van der Waals surface area (Å²) in [6.07, 6.45) is 1.01. The molecule has 14 heavy (non-hydrogen) atoms. The molecule has 0 aliphatic heterocycles. The molecule has 0 bridgehead atoms. The van der Waals surface area contributed by atoms with E-state index in [0.29, 0.717) is 39.2 Å². The Morgan fingerprint density at radius 1 is 1.36 bits per heavy atom. The van der Waals surface area contributed by atoms with Crippen LogP contribution >= 0.6 is 0 Å². The van der Waals surface area contributed by atoms with Crippen LogP contribution in [0, 0.1) is 5.92 Å². The molecule has 1 unspecified atom stereocenters. The first-order valence-electron chi connectivity index (χ1n) is 4.72. The SMILES string of the molecule is COCCOCCC(CCN)C(=O)O. The third-order valence-corrected chi connectivity index (χ3v) is 1.91. The Morgan fingerprint density at radius 2 is 2.07 bits per heavy atom. The van der Waals surface area contributed by atoms with Crippen molar-refractivity contribution in [1.29, 1.82) is 0 Å². The van der Waals surface area contributed by atoms with Crippen molar-refractivity contribution in [3.8, 4) is 0 Å². The molecule has 3 N–H and O–H groups in total. The van der Waals surface area contributed by atoms with Crippen LogP contribution in [0.3, 0.4) is 0 Å². The van der Waals surface area contributed by atoms with E-state index in [1.54, 1.807) is 7.11 Å². The molecule has 0 saturated heterocycles. The van der Waals surface area contributed by atoms with Crippen LogP contribution in [0.1, 0.15) is 12.8 Å². The number of carboxylic acids is 1. The van der Waals surface area contributed by atoms with Gasteiger partial charge in [0.25, 0.3) is 0 Å². The maximum absolute atomic E-state index is 10.7. The Hall–Kier alpha value is -0.650. The third kappa shape index (κ3) is 6.82. The van der Waals surface area contributed by atoms with Crippen LogP contribution < -0.4 is 5.73 Å². The van der Waals surface area contributed by atoms with Crippen molar-refractivity contribution >= 4 is 5.97 Å². The summed E-state index contributed by atoms with van der Waals surface area (Å²) in [5, 5.41) is 8.77. The van der Waals surface area contributed by atoms with Crippen molar-refractivity contribution in [2.75, 3.05) is 33.5 Å². The standard InChI is InChI=1S/C9H19NO4/c1-13-6-7-14-5-3-8(2-4-10)9(11)12/h8H,2-7,10H2,1H3,(H,11,12). The van der Waals surface area contributed by atoms with Crippen LogP contribution in [0.25, 0.3) is 0 Å². The molecule has 0 aromatic carbocycles. The second kappa shape index (κ2) is 8.93. The molecule has 0 spiro atoms. The molecule has 1 atom stereocenters. The summed E-state index contributed by atoms with van der Waals surface area (Å²) < 4.78 is 9.95. The molecule has 5 heteroatoms. The van der Waals surface area contributed by atoms with Crippen molar-refractivity contribution in [3.63, 3.8) is 0 Å². The molecule has 0 aromatic rings. The molecule has 5 nitrogen and oxygen atoms in total. The van der Waals surface area contributed by atoms with Gasteiger partial charge in [-0.15, -0.1) is 0 Å². The molecule has 0 fully saturated rings. The fourth-order valence-corrected chi connectivity index (χ4v) is 1.06. The van der Waals surface area contributed by atoms with Crippen molar-refractivity contribution in [2.45, 2.75) is 12.8 Å². The summed E-state index contributed by atoms with van der Waals surface area (Å²) in [5.74, 6) is -1.19. The highest BCUT2D eigenvalue weighted by Gasteiger charge is 2.15. The number of methoxy groups -OCH3 is 1. The van der Waals surface area contributed by atoms with E-state index in [0.717, 1.165) is 0 Å². The molecule has 0 aliphatic carbocycles. The van der Waals surface area contributed by atoms with Crippen LogP contribution in [-0.4, -0.2) is 44.6 Å². The third-order valence-electron chi connectivity index (χ3n) is 1.91. The lowest BCUT2D eigenvalue weighted by Crippen LogP contribution is -2.20.